The molecule has 17 heavy (non-hydrogen) atoms. The Morgan fingerprint density at radius 3 is 2.88 bits per heavy atom. The molecule has 0 unspecified atom stereocenters. The molecule has 2 aliphatic rings. The Hall–Kier alpha value is -1.84. The molecule has 88 valence electrons. The van der Waals surface area contributed by atoms with Crippen LogP contribution >= 0.6 is 0 Å². The minimum Gasteiger partial charge on any atom is -0.409 e. The first kappa shape index (κ1) is 10.3. The predicted molar refractivity (Wildman–Crippen MR) is 62.9 cm³/mol. The van der Waals surface area contributed by atoms with Gasteiger partial charge >= 0.3 is 0 Å². The van der Waals surface area contributed by atoms with E-state index in [2.05, 4.69) is 11.2 Å². The van der Waals surface area contributed by atoms with Gasteiger partial charge in [0, 0.05) is 5.92 Å². The fourth-order valence-corrected chi connectivity index (χ4v) is 2.83. The van der Waals surface area contributed by atoms with Crippen molar-refractivity contribution in [1.29, 1.82) is 0 Å². The van der Waals surface area contributed by atoms with Crippen LogP contribution in [0.1, 0.15) is 12.0 Å². The third kappa shape index (κ3) is 1.60. The molecule has 3 rings (SSSR count). The van der Waals surface area contributed by atoms with Crippen LogP contribution in [0.15, 0.2) is 35.5 Å². The molecule has 4 heteroatoms. The van der Waals surface area contributed by atoms with Gasteiger partial charge in [-0.25, -0.2) is 4.39 Å². The third-order valence-corrected chi connectivity index (χ3v) is 3.73. The van der Waals surface area contributed by atoms with Crippen molar-refractivity contribution in [3.05, 3.63) is 41.7 Å². The van der Waals surface area contributed by atoms with Crippen LogP contribution in [-0.2, 0) is 0 Å². The first-order valence-corrected chi connectivity index (χ1v) is 5.65. The van der Waals surface area contributed by atoms with E-state index in [1.54, 1.807) is 12.1 Å². The molecule has 2 aliphatic carbocycles. The van der Waals surface area contributed by atoms with Crippen LogP contribution in [0.3, 0.4) is 0 Å². The highest BCUT2D eigenvalue weighted by Gasteiger charge is 2.54. The fraction of sp³-hybridized carbons (Fsp3) is 0.308. The van der Waals surface area contributed by atoms with Gasteiger partial charge in [0.1, 0.15) is 11.7 Å². The standard InChI is InChI=1S/C13H13FN2O/c14-9-3-1-2-7(4-9)8-5-10-11(6-8)12(10)13(15)16-17/h1-5,10-12,17H,6H2,(H2,15,16)/t10-,11+,12+/m0/s1. The maximum Gasteiger partial charge on any atom is 0.143 e. The molecule has 0 spiro atoms. The van der Waals surface area contributed by atoms with Crippen molar-refractivity contribution < 1.29 is 9.60 Å². The summed E-state index contributed by atoms with van der Waals surface area (Å²) in [4.78, 5) is 0. The number of hydrogen-bond donors (Lipinski definition) is 2. The van der Waals surface area contributed by atoms with Gasteiger partial charge in [0.15, 0.2) is 0 Å². The SMILES string of the molecule is N/C(=N\O)[C@@H]1[C@H]2C=C(c3cccc(F)c3)C[C@H]21. The van der Waals surface area contributed by atoms with Crippen molar-refractivity contribution in [2.75, 3.05) is 0 Å². The fourth-order valence-electron chi connectivity index (χ4n) is 2.83. The molecule has 1 aromatic carbocycles. The molecule has 0 radical (unpaired) electrons. The summed E-state index contributed by atoms with van der Waals surface area (Å²) in [5.41, 5.74) is 7.70. The average molecular weight is 232 g/mol. The molecule has 1 aromatic rings. The average Bonchev–Trinajstić information content (AvgIpc) is 2.82. The predicted octanol–water partition coefficient (Wildman–Crippen LogP) is 2.22. The van der Waals surface area contributed by atoms with E-state index in [-0.39, 0.29) is 11.7 Å². The third-order valence-electron chi connectivity index (χ3n) is 3.73. The Bertz CT molecular complexity index is 524. The van der Waals surface area contributed by atoms with Gasteiger partial charge in [-0.15, -0.1) is 0 Å². The second-order valence-corrected chi connectivity index (χ2v) is 4.70. The molecule has 0 aliphatic heterocycles. The van der Waals surface area contributed by atoms with E-state index in [0.29, 0.717) is 17.7 Å². The van der Waals surface area contributed by atoms with Crippen LogP contribution in [0.2, 0.25) is 0 Å². The van der Waals surface area contributed by atoms with Gasteiger partial charge in [0.2, 0.25) is 0 Å². The molecule has 0 amide bonds. The lowest BCUT2D eigenvalue weighted by Gasteiger charge is -2.06. The first-order chi connectivity index (χ1) is 8.20. The maximum absolute atomic E-state index is 13.1. The van der Waals surface area contributed by atoms with Gasteiger partial charge < -0.3 is 10.9 Å². The molecule has 1 fully saturated rings. The summed E-state index contributed by atoms with van der Waals surface area (Å²) in [6, 6.07) is 6.63. The van der Waals surface area contributed by atoms with Gasteiger partial charge in [-0.05, 0) is 41.5 Å². The van der Waals surface area contributed by atoms with E-state index in [1.807, 2.05) is 6.07 Å². The van der Waals surface area contributed by atoms with Crippen LogP contribution in [0, 0.1) is 23.6 Å². The summed E-state index contributed by atoms with van der Waals surface area (Å²) in [7, 11) is 0. The van der Waals surface area contributed by atoms with E-state index in [0.717, 1.165) is 12.0 Å². The molecule has 3 nitrogen and oxygen atoms in total. The van der Waals surface area contributed by atoms with Gasteiger partial charge in [-0.3, -0.25) is 0 Å². The largest absolute Gasteiger partial charge is 0.409 e. The molecule has 0 saturated heterocycles. The zero-order valence-corrected chi connectivity index (χ0v) is 9.18. The normalized spacial score (nSPS) is 31.0. The van der Waals surface area contributed by atoms with E-state index in [4.69, 9.17) is 10.9 Å². The summed E-state index contributed by atoms with van der Waals surface area (Å²) in [6.07, 6.45) is 3.01. The minimum atomic E-state index is -0.211. The highest BCUT2D eigenvalue weighted by molar-refractivity contribution is 5.88. The number of oxime groups is 1. The second-order valence-electron chi connectivity index (χ2n) is 4.70. The zero-order valence-electron chi connectivity index (χ0n) is 9.18. The number of hydrogen-bond acceptors (Lipinski definition) is 2. The van der Waals surface area contributed by atoms with Crippen molar-refractivity contribution in [2.24, 2.45) is 28.6 Å². The molecule has 0 heterocycles. The Kier molecular flexibility index (Phi) is 2.18. The summed E-state index contributed by atoms with van der Waals surface area (Å²) in [5, 5.41) is 11.7. The Labute approximate surface area is 98.4 Å². The minimum absolute atomic E-state index is 0.178. The van der Waals surface area contributed by atoms with Crippen molar-refractivity contribution >= 4 is 11.4 Å². The molecule has 0 bridgehead atoms. The summed E-state index contributed by atoms with van der Waals surface area (Å²) in [5.74, 6) is 1.08. The van der Waals surface area contributed by atoms with Crippen LogP contribution < -0.4 is 5.73 Å². The van der Waals surface area contributed by atoms with Gasteiger partial charge in [0.25, 0.3) is 0 Å². The smallest absolute Gasteiger partial charge is 0.143 e. The molecular weight excluding hydrogens is 219 g/mol. The van der Waals surface area contributed by atoms with Gasteiger partial charge in [0.05, 0.1) is 0 Å². The maximum atomic E-state index is 13.1. The number of fused-ring (bicyclic) bond motifs is 1. The lowest BCUT2D eigenvalue weighted by Crippen LogP contribution is -2.16. The Morgan fingerprint density at radius 2 is 2.29 bits per heavy atom. The number of nitrogens with zero attached hydrogens (tertiary/aromatic N) is 1. The molecule has 1 saturated carbocycles. The van der Waals surface area contributed by atoms with E-state index in [1.165, 1.54) is 11.6 Å². The number of nitrogens with two attached hydrogens (primary N) is 1. The number of rotatable bonds is 2. The van der Waals surface area contributed by atoms with Crippen molar-refractivity contribution in [3.8, 4) is 0 Å². The number of halogens is 1. The van der Waals surface area contributed by atoms with Crippen molar-refractivity contribution in [2.45, 2.75) is 6.42 Å². The molecule has 3 N–H and O–H groups in total. The van der Waals surface area contributed by atoms with Gasteiger partial charge in [-0.1, -0.05) is 23.4 Å². The zero-order chi connectivity index (χ0) is 12.0. The number of allylic oxidation sites excluding steroid dienone is 2. The van der Waals surface area contributed by atoms with Crippen LogP contribution in [0.4, 0.5) is 4.39 Å². The summed E-state index contributed by atoms with van der Waals surface area (Å²) in [6.45, 7) is 0. The highest BCUT2D eigenvalue weighted by Crippen LogP contribution is 2.58. The molecule has 0 aromatic heterocycles. The topological polar surface area (TPSA) is 58.6 Å². The highest BCUT2D eigenvalue weighted by atomic mass is 19.1. The molecule has 3 atom stereocenters. The first-order valence-electron chi connectivity index (χ1n) is 5.65. The Balaban J connectivity index is 1.80. The summed E-state index contributed by atoms with van der Waals surface area (Å²) >= 11 is 0. The van der Waals surface area contributed by atoms with Crippen LogP contribution in [-0.4, -0.2) is 11.0 Å². The number of amidine groups is 1. The quantitative estimate of drug-likeness (QED) is 0.355. The molecular formula is C13H13FN2O. The van der Waals surface area contributed by atoms with Crippen molar-refractivity contribution in [3.63, 3.8) is 0 Å². The van der Waals surface area contributed by atoms with Crippen LogP contribution in [0.5, 0.6) is 0 Å². The summed E-state index contributed by atoms with van der Waals surface area (Å²) < 4.78 is 13.1. The van der Waals surface area contributed by atoms with E-state index < -0.39 is 0 Å². The number of benzene rings is 1. The second kappa shape index (κ2) is 3.58. The lowest BCUT2D eigenvalue weighted by atomic mass is 10.0. The lowest BCUT2D eigenvalue weighted by molar-refractivity contribution is 0.316. The monoisotopic (exact) mass is 232 g/mol. The van der Waals surface area contributed by atoms with Crippen LogP contribution in [0.25, 0.3) is 5.57 Å². The van der Waals surface area contributed by atoms with E-state index in [9.17, 15) is 4.39 Å². The van der Waals surface area contributed by atoms with E-state index >= 15 is 0 Å². The Morgan fingerprint density at radius 1 is 1.47 bits per heavy atom. The van der Waals surface area contributed by atoms with Crippen molar-refractivity contribution in [1.82, 2.24) is 0 Å². The van der Waals surface area contributed by atoms with Gasteiger partial charge in [-0.2, -0.15) is 0 Å².